The SMILES string of the molecule is CCOC(=O)C12CCC(C1)C1(C(C)=O)CCCC21. The molecule has 3 nitrogen and oxygen atoms in total. The Hall–Kier alpha value is -0.860. The number of Topliss-reactive ketones (excluding diaryl/α,β-unsaturated/α-hetero) is 1. The van der Waals surface area contributed by atoms with E-state index in [9.17, 15) is 9.59 Å². The van der Waals surface area contributed by atoms with E-state index >= 15 is 0 Å². The average molecular weight is 250 g/mol. The minimum absolute atomic E-state index is 0.0254. The van der Waals surface area contributed by atoms with Crippen molar-refractivity contribution in [2.75, 3.05) is 6.61 Å². The summed E-state index contributed by atoms with van der Waals surface area (Å²) < 4.78 is 5.33. The van der Waals surface area contributed by atoms with Crippen LogP contribution in [0.5, 0.6) is 0 Å². The Morgan fingerprint density at radius 2 is 2.06 bits per heavy atom. The van der Waals surface area contributed by atoms with E-state index in [0.29, 0.717) is 18.3 Å². The molecular weight excluding hydrogens is 228 g/mol. The predicted octanol–water partition coefficient (Wildman–Crippen LogP) is 2.73. The van der Waals surface area contributed by atoms with Crippen LogP contribution >= 0.6 is 0 Å². The smallest absolute Gasteiger partial charge is 0.312 e. The van der Waals surface area contributed by atoms with Crippen molar-refractivity contribution in [3.8, 4) is 0 Å². The molecule has 0 aliphatic heterocycles. The molecule has 0 radical (unpaired) electrons. The van der Waals surface area contributed by atoms with Gasteiger partial charge >= 0.3 is 5.97 Å². The number of esters is 1. The van der Waals surface area contributed by atoms with E-state index in [1.54, 1.807) is 6.92 Å². The Kier molecular flexibility index (Phi) is 2.58. The molecule has 3 heteroatoms. The zero-order valence-electron chi connectivity index (χ0n) is 11.3. The molecular formula is C15H22O3. The maximum absolute atomic E-state index is 12.4. The molecule has 0 aromatic rings. The molecule has 3 saturated carbocycles. The summed E-state index contributed by atoms with van der Waals surface area (Å²) in [6.07, 6.45) is 6.01. The van der Waals surface area contributed by atoms with Gasteiger partial charge in [0.25, 0.3) is 0 Å². The zero-order valence-corrected chi connectivity index (χ0v) is 11.3. The summed E-state index contributed by atoms with van der Waals surface area (Å²) in [4.78, 5) is 24.6. The van der Waals surface area contributed by atoms with Crippen LogP contribution in [0, 0.1) is 22.7 Å². The highest BCUT2D eigenvalue weighted by molar-refractivity contribution is 5.88. The minimum Gasteiger partial charge on any atom is -0.466 e. The van der Waals surface area contributed by atoms with Gasteiger partial charge in [0, 0.05) is 5.41 Å². The first-order valence-corrected chi connectivity index (χ1v) is 7.26. The molecule has 4 atom stereocenters. The van der Waals surface area contributed by atoms with Gasteiger partial charge in [0.05, 0.1) is 12.0 Å². The van der Waals surface area contributed by atoms with Gasteiger partial charge in [0.15, 0.2) is 0 Å². The third-order valence-electron chi connectivity index (χ3n) is 5.99. The molecule has 0 saturated heterocycles. The first-order valence-electron chi connectivity index (χ1n) is 7.26. The van der Waals surface area contributed by atoms with Crippen molar-refractivity contribution in [2.45, 2.75) is 52.4 Å². The molecule has 18 heavy (non-hydrogen) atoms. The number of carbonyl (C=O) groups is 2. The minimum atomic E-state index is -0.317. The van der Waals surface area contributed by atoms with Crippen LogP contribution < -0.4 is 0 Å². The van der Waals surface area contributed by atoms with E-state index in [1.807, 2.05) is 6.92 Å². The molecule has 0 N–H and O–H groups in total. The second-order valence-electron chi connectivity index (χ2n) is 6.36. The quantitative estimate of drug-likeness (QED) is 0.723. The fourth-order valence-corrected chi connectivity index (χ4v) is 5.43. The normalized spacial score (nSPS) is 45.0. The molecule has 0 aromatic carbocycles. The van der Waals surface area contributed by atoms with Crippen molar-refractivity contribution in [1.82, 2.24) is 0 Å². The lowest BCUT2D eigenvalue weighted by atomic mass is 9.61. The molecule has 4 unspecified atom stereocenters. The van der Waals surface area contributed by atoms with Crippen LogP contribution in [0.4, 0.5) is 0 Å². The van der Waals surface area contributed by atoms with Crippen LogP contribution in [0.2, 0.25) is 0 Å². The molecule has 100 valence electrons. The Balaban J connectivity index is 2.00. The third kappa shape index (κ3) is 1.20. The second-order valence-corrected chi connectivity index (χ2v) is 6.36. The molecule has 0 heterocycles. The lowest BCUT2D eigenvalue weighted by Gasteiger charge is -2.41. The number of carbonyl (C=O) groups excluding carboxylic acids is 2. The summed E-state index contributed by atoms with van der Waals surface area (Å²) in [7, 11) is 0. The maximum atomic E-state index is 12.4. The zero-order chi connectivity index (χ0) is 13.0. The van der Waals surface area contributed by atoms with Crippen LogP contribution in [-0.2, 0) is 14.3 Å². The van der Waals surface area contributed by atoms with Crippen LogP contribution in [-0.4, -0.2) is 18.4 Å². The number of hydrogen-bond donors (Lipinski definition) is 0. The van der Waals surface area contributed by atoms with Crippen molar-refractivity contribution in [2.24, 2.45) is 22.7 Å². The number of rotatable bonds is 3. The molecule has 0 aromatic heterocycles. The van der Waals surface area contributed by atoms with Gasteiger partial charge in [-0.2, -0.15) is 0 Å². The van der Waals surface area contributed by atoms with E-state index in [2.05, 4.69) is 0 Å². The summed E-state index contributed by atoms with van der Waals surface area (Å²) >= 11 is 0. The molecule has 3 fully saturated rings. The van der Waals surface area contributed by atoms with E-state index in [4.69, 9.17) is 4.74 Å². The van der Waals surface area contributed by atoms with Gasteiger partial charge in [-0.25, -0.2) is 0 Å². The summed E-state index contributed by atoms with van der Waals surface area (Å²) in [5, 5.41) is 0. The van der Waals surface area contributed by atoms with Crippen LogP contribution in [0.25, 0.3) is 0 Å². The Morgan fingerprint density at radius 3 is 2.72 bits per heavy atom. The second kappa shape index (κ2) is 3.82. The Morgan fingerprint density at radius 1 is 1.28 bits per heavy atom. The first kappa shape index (κ1) is 12.2. The lowest BCUT2D eigenvalue weighted by molar-refractivity contribution is -0.160. The van der Waals surface area contributed by atoms with E-state index in [0.717, 1.165) is 38.5 Å². The molecule has 3 aliphatic rings. The van der Waals surface area contributed by atoms with Gasteiger partial charge in [0.1, 0.15) is 5.78 Å². The van der Waals surface area contributed by atoms with Crippen molar-refractivity contribution in [1.29, 1.82) is 0 Å². The van der Waals surface area contributed by atoms with E-state index in [-0.39, 0.29) is 22.7 Å². The molecule has 0 spiro atoms. The van der Waals surface area contributed by atoms with Gasteiger partial charge in [-0.1, -0.05) is 6.42 Å². The fourth-order valence-electron chi connectivity index (χ4n) is 5.43. The lowest BCUT2D eigenvalue weighted by Crippen LogP contribution is -2.45. The van der Waals surface area contributed by atoms with Crippen molar-refractivity contribution < 1.29 is 14.3 Å². The predicted molar refractivity (Wildman–Crippen MR) is 66.9 cm³/mol. The van der Waals surface area contributed by atoms with Gasteiger partial charge in [-0.05, 0) is 57.8 Å². The number of ketones is 1. The van der Waals surface area contributed by atoms with E-state index in [1.165, 1.54) is 0 Å². The largest absolute Gasteiger partial charge is 0.466 e. The summed E-state index contributed by atoms with van der Waals surface area (Å²) in [6.45, 7) is 4.05. The monoisotopic (exact) mass is 250 g/mol. The molecule has 0 amide bonds. The Labute approximate surface area is 108 Å². The van der Waals surface area contributed by atoms with Crippen molar-refractivity contribution in [3.63, 3.8) is 0 Å². The topological polar surface area (TPSA) is 43.4 Å². The number of fused-ring (bicyclic) bond motifs is 5. The van der Waals surface area contributed by atoms with Crippen LogP contribution in [0.15, 0.2) is 0 Å². The molecule has 3 aliphatic carbocycles. The van der Waals surface area contributed by atoms with Crippen LogP contribution in [0.1, 0.15) is 52.4 Å². The Bertz CT molecular complexity index is 403. The highest BCUT2D eigenvalue weighted by Gasteiger charge is 2.71. The van der Waals surface area contributed by atoms with E-state index < -0.39 is 0 Å². The molecule has 3 rings (SSSR count). The summed E-state index contributed by atoms with van der Waals surface area (Å²) in [6, 6.07) is 0. The van der Waals surface area contributed by atoms with Gasteiger partial charge in [-0.15, -0.1) is 0 Å². The standard InChI is InChI=1S/C15H22O3/c1-3-18-13(17)14-8-6-11(9-14)15(10(2)16)7-4-5-12(14)15/h11-12H,3-9H2,1-2H3. The fraction of sp³-hybridized carbons (Fsp3) is 0.867. The van der Waals surface area contributed by atoms with Gasteiger partial charge in [0.2, 0.25) is 0 Å². The summed E-state index contributed by atoms with van der Waals surface area (Å²) in [5.74, 6) is 0.996. The first-order chi connectivity index (χ1) is 8.58. The maximum Gasteiger partial charge on any atom is 0.312 e. The highest BCUT2D eigenvalue weighted by Crippen LogP contribution is 2.72. The van der Waals surface area contributed by atoms with Gasteiger partial charge < -0.3 is 4.74 Å². The number of ether oxygens (including phenoxy) is 1. The number of hydrogen-bond acceptors (Lipinski definition) is 3. The summed E-state index contributed by atoms with van der Waals surface area (Å²) in [5.41, 5.74) is -0.492. The van der Waals surface area contributed by atoms with Crippen LogP contribution in [0.3, 0.4) is 0 Å². The highest BCUT2D eigenvalue weighted by atomic mass is 16.5. The van der Waals surface area contributed by atoms with Gasteiger partial charge in [-0.3, -0.25) is 9.59 Å². The molecule has 2 bridgehead atoms. The van der Waals surface area contributed by atoms with Crippen molar-refractivity contribution in [3.05, 3.63) is 0 Å². The third-order valence-corrected chi connectivity index (χ3v) is 5.99. The average Bonchev–Trinajstić information content (AvgIpc) is 3.00. The van der Waals surface area contributed by atoms with Crippen molar-refractivity contribution >= 4 is 11.8 Å².